The summed E-state index contributed by atoms with van der Waals surface area (Å²) in [5.74, 6) is 0.707. The van der Waals surface area contributed by atoms with Gasteiger partial charge in [-0.15, -0.1) is 0 Å². The number of carbonyl (C=O) groups excluding carboxylic acids is 1. The second-order valence-electron chi connectivity index (χ2n) is 5.48. The summed E-state index contributed by atoms with van der Waals surface area (Å²) in [5, 5.41) is 0. The Labute approximate surface area is 115 Å². The molecule has 1 unspecified atom stereocenters. The fourth-order valence-electron chi connectivity index (χ4n) is 2.92. The minimum absolute atomic E-state index is 0.190. The standard InChI is InChI=1S/C16H24N2O/c1-18-11-4-5-13(9-12-18)14-6-2-3-7-15(14)16(19)8-10-17/h2-3,6-7,13H,4-5,8-12,17H2,1H3. The van der Waals surface area contributed by atoms with E-state index in [2.05, 4.69) is 18.0 Å². The van der Waals surface area contributed by atoms with Crippen molar-refractivity contribution in [1.29, 1.82) is 0 Å². The van der Waals surface area contributed by atoms with Gasteiger partial charge in [0.25, 0.3) is 0 Å². The first-order valence-corrected chi connectivity index (χ1v) is 7.23. The monoisotopic (exact) mass is 260 g/mol. The maximum Gasteiger partial charge on any atom is 0.164 e. The average molecular weight is 260 g/mol. The first kappa shape index (κ1) is 14.2. The number of Topliss-reactive ketones (excluding diaryl/α,β-unsaturated/α-hetero) is 1. The summed E-state index contributed by atoms with van der Waals surface area (Å²) in [7, 11) is 2.17. The molecule has 2 N–H and O–H groups in total. The van der Waals surface area contributed by atoms with Gasteiger partial charge >= 0.3 is 0 Å². The molecule has 3 nitrogen and oxygen atoms in total. The van der Waals surface area contributed by atoms with E-state index < -0.39 is 0 Å². The molecule has 1 aliphatic rings. The van der Waals surface area contributed by atoms with Gasteiger partial charge < -0.3 is 10.6 Å². The first-order chi connectivity index (χ1) is 9.22. The summed E-state index contributed by atoms with van der Waals surface area (Å²) < 4.78 is 0. The molecule has 1 aromatic carbocycles. The van der Waals surface area contributed by atoms with Crippen LogP contribution in [0.4, 0.5) is 0 Å². The average Bonchev–Trinajstić information content (AvgIpc) is 2.64. The lowest BCUT2D eigenvalue weighted by molar-refractivity contribution is 0.0984. The zero-order valence-electron chi connectivity index (χ0n) is 11.8. The number of ketones is 1. The van der Waals surface area contributed by atoms with E-state index in [1.807, 2.05) is 18.2 Å². The number of benzene rings is 1. The Kier molecular flexibility index (Phi) is 5.11. The topological polar surface area (TPSA) is 46.3 Å². The fourth-order valence-corrected chi connectivity index (χ4v) is 2.92. The van der Waals surface area contributed by atoms with Gasteiger partial charge in [-0.05, 0) is 57.4 Å². The number of nitrogens with zero attached hydrogens (tertiary/aromatic N) is 1. The van der Waals surface area contributed by atoms with Crippen LogP contribution in [0.25, 0.3) is 0 Å². The number of likely N-dealkylation sites (tertiary alicyclic amines) is 1. The van der Waals surface area contributed by atoms with E-state index in [4.69, 9.17) is 5.73 Å². The quantitative estimate of drug-likeness (QED) is 0.846. The molecule has 3 heteroatoms. The molecular formula is C16H24N2O. The van der Waals surface area contributed by atoms with Crippen molar-refractivity contribution in [2.24, 2.45) is 5.73 Å². The third kappa shape index (κ3) is 3.64. The minimum atomic E-state index is 0.190. The Morgan fingerprint density at radius 3 is 2.89 bits per heavy atom. The van der Waals surface area contributed by atoms with Gasteiger partial charge in [0.1, 0.15) is 0 Å². The molecule has 0 spiro atoms. The van der Waals surface area contributed by atoms with Gasteiger partial charge in [0.15, 0.2) is 5.78 Å². The lowest BCUT2D eigenvalue weighted by Gasteiger charge is -2.18. The van der Waals surface area contributed by atoms with E-state index in [1.54, 1.807) is 0 Å². The third-order valence-corrected chi connectivity index (χ3v) is 4.02. The van der Waals surface area contributed by atoms with Gasteiger partial charge in [0, 0.05) is 12.0 Å². The summed E-state index contributed by atoms with van der Waals surface area (Å²) in [6, 6.07) is 8.08. The molecule has 0 aromatic heterocycles. The van der Waals surface area contributed by atoms with Gasteiger partial charge in [-0.2, -0.15) is 0 Å². The molecule has 1 aliphatic heterocycles. The Morgan fingerprint density at radius 1 is 1.32 bits per heavy atom. The van der Waals surface area contributed by atoms with Crippen LogP contribution in [-0.2, 0) is 0 Å². The summed E-state index contributed by atoms with van der Waals surface area (Å²) in [6.07, 6.45) is 3.98. The van der Waals surface area contributed by atoms with Crippen LogP contribution in [0, 0.1) is 0 Å². The van der Waals surface area contributed by atoms with E-state index in [1.165, 1.54) is 18.4 Å². The Morgan fingerprint density at radius 2 is 2.11 bits per heavy atom. The van der Waals surface area contributed by atoms with E-state index >= 15 is 0 Å². The lowest BCUT2D eigenvalue weighted by atomic mass is 9.87. The normalized spacial score (nSPS) is 21.1. The van der Waals surface area contributed by atoms with Crippen LogP contribution in [0.1, 0.15) is 47.5 Å². The van der Waals surface area contributed by atoms with Crippen molar-refractivity contribution in [3.05, 3.63) is 35.4 Å². The van der Waals surface area contributed by atoms with Crippen molar-refractivity contribution in [2.75, 3.05) is 26.7 Å². The second-order valence-corrected chi connectivity index (χ2v) is 5.48. The first-order valence-electron chi connectivity index (χ1n) is 7.23. The zero-order chi connectivity index (χ0) is 13.7. The SMILES string of the molecule is CN1CCCC(c2ccccc2C(=O)CCN)CC1. The molecule has 2 rings (SSSR count). The Hall–Kier alpha value is -1.19. The third-order valence-electron chi connectivity index (χ3n) is 4.02. The van der Waals surface area contributed by atoms with E-state index in [0.29, 0.717) is 18.9 Å². The highest BCUT2D eigenvalue weighted by Crippen LogP contribution is 2.30. The molecule has 1 heterocycles. The Bertz CT molecular complexity index is 431. The van der Waals surface area contributed by atoms with E-state index in [-0.39, 0.29) is 5.78 Å². The van der Waals surface area contributed by atoms with Crippen LogP contribution in [-0.4, -0.2) is 37.4 Å². The fraction of sp³-hybridized carbons (Fsp3) is 0.562. The predicted octanol–water partition coefficient (Wildman–Crippen LogP) is 2.42. The number of hydrogen-bond donors (Lipinski definition) is 1. The molecule has 0 aliphatic carbocycles. The smallest absolute Gasteiger partial charge is 0.164 e. The highest BCUT2D eigenvalue weighted by molar-refractivity contribution is 5.97. The molecule has 1 saturated heterocycles. The molecule has 0 amide bonds. The number of carbonyl (C=O) groups is 1. The highest BCUT2D eigenvalue weighted by Gasteiger charge is 2.21. The maximum atomic E-state index is 12.2. The van der Waals surface area contributed by atoms with Crippen LogP contribution < -0.4 is 5.73 Å². The molecule has 0 bridgehead atoms. The van der Waals surface area contributed by atoms with Crippen LogP contribution in [0.15, 0.2) is 24.3 Å². The van der Waals surface area contributed by atoms with Crippen LogP contribution in [0.5, 0.6) is 0 Å². The van der Waals surface area contributed by atoms with Crippen molar-refractivity contribution < 1.29 is 4.79 Å². The molecule has 19 heavy (non-hydrogen) atoms. The predicted molar refractivity (Wildman–Crippen MR) is 78.5 cm³/mol. The molecule has 0 saturated carbocycles. The van der Waals surface area contributed by atoms with Crippen molar-refractivity contribution in [3.8, 4) is 0 Å². The highest BCUT2D eigenvalue weighted by atomic mass is 16.1. The van der Waals surface area contributed by atoms with Gasteiger partial charge in [-0.1, -0.05) is 24.3 Å². The van der Waals surface area contributed by atoms with Crippen LogP contribution in [0.2, 0.25) is 0 Å². The summed E-state index contributed by atoms with van der Waals surface area (Å²) in [6.45, 7) is 2.71. The van der Waals surface area contributed by atoms with Crippen molar-refractivity contribution in [3.63, 3.8) is 0 Å². The molecule has 1 fully saturated rings. The Balaban J connectivity index is 2.21. The summed E-state index contributed by atoms with van der Waals surface area (Å²) in [4.78, 5) is 14.5. The van der Waals surface area contributed by atoms with Gasteiger partial charge in [0.2, 0.25) is 0 Å². The number of rotatable bonds is 4. The van der Waals surface area contributed by atoms with Crippen molar-refractivity contribution in [1.82, 2.24) is 4.90 Å². The molecule has 104 valence electrons. The summed E-state index contributed by atoms with van der Waals surface area (Å²) >= 11 is 0. The van der Waals surface area contributed by atoms with Crippen molar-refractivity contribution >= 4 is 5.78 Å². The van der Waals surface area contributed by atoms with E-state index in [0.717, 1.165) is 25.1 Å². The molecule has 1 aromatic rings. The number of hydrogen-bond acceptors (Lipinski definition) is 3. The van der Waals surface area contributed by atoms with Gasteiger partial charge in [-0.25, -0.2) is 0 Å². The number of nitrogens with two attached hydrogens (primary N) is 1. The largest absolute Gasteiger partial charge is 0.330 e. The molecular weight excluding hydrogens is 236 g/mol. The minimum Gasteiger partial charge on any atom is -0.330 e. The van der Waals surface area contributed by atoms with E-state index in [9.17, 15) is 4.79 Å². The van der Waals surface area contributed by atoms with Gasteiger partial charge in [-0.3, -0.25) is 4.79 Å². The van der Waals surface area contributed by atoms with Gasteiger partial charge in [0.05, 0.1) is 0 Å². The van der Waals surface area contributed by atoms with Crippen LogP contribution >= 0.6 is 0 Å². The maximum absolute atomic E-state index is 12.2. The summed E-state index contributed by atoms with van der Waals surface area (Å²) in [5.41, 5.74) is 7.63. The molecule has 1 atom stereocenters. The molecule has 0 radical (unpaired) electrons. The second kappa shape index (κ2) is 6.83. The zero-order valence-corrected chi connectivity index (χ0v) is 11.8. The lowest BCUT2D eigenvalue weighted by Crippen LogP contribution is -2.19. The van der Waals surface area contributed by atoms with Crippen LogP contribution in [0.3, 0.4) is 0 Å². The van der Waals surface area contributed by atoms with Crippen molar-refractivity contribution in [2.45, 2.75) is 31.6 Å².